The zero-order valence-corrected chi connectivity index (χ0v) is 22.7. The average Bonchev–Trinajstić information content (AvgIpc) is 3.24. The van der Waals surface area contributed by atoms with E-state index in [1.54, 1.807) is 0 Å². The monoisotopic (exact) mass is 523 g/mol. The van der Waals surface area contributed by atoms with Gasteiger partial charge in [0, 0.05) is 29.0 Å². The van der Waals surface area contributed by atoms with Crippen LogP contribution in [0.2, 0.25) is 0 Å². The van der Waals surface area contributed by atoms with Crippen LogP contribution in [-0.2, 0) is 10.2 Å². The predicted octanol–water partition coefficient (Wildman–Crippen LogP) is 5.83. The largest absolute Gasteiger partial charge is 0.368 e. The Hall–Kier alpha value is -3.61. The maximum atomic E-state index is 13.5. The first-order valence-electron chi connectivity index (χ1n) is 13.9. The van der Waals surface area contributed by atoms with Crippen molar-refractivity contribution in [3.05, 3.63) is 106 Å². The topological polar surface area (TPSA) is 94.3 Å². The molecule has 0 unspecified atom stereocenters. The van der Waals surface area contributed by atoms with Gasteiger partial charge in [-0.05, 0) is 73.3 Å². The molecule has 2 aliphatic carbocycles. The number of aliphatic hydroxyl groups excluding tert-OH is 1. The lowest BCUT2D eigenvalue weighted by Gasteiger charge is -2.37. The van der Waals surface area contributed by atoms with Gasteiger partial charge in [-0.25, -0.2) is 0 Å². The molecule has 1 amide bonds. The number of rotatable bonds is 8. The number of aliphatic imine (C=N–C) groups is 2. The number of carbonyl (C=O) groups is 1. The molecule has 3 N–H and O–H groups in total. The third kappa shape index (κ3) is 6.35. The minimum atomic E-state index is -1.30. The van der Waals surface area contributed by atoms with Crippen LogP contribution in [0.1, 0.15) is 81.5 Å². The summed E-state index contributed by atoms with van der Waals surface area (Å²) in [5.74, 6) is -0.106. The summed E-state index contributed by atoms with van der Waals surface area (Å²) in [5.41, 5.74) is 7.51. The average molecular weight is 524 g/mol. The number of hydrogen-bond donors (Lipinski definition) is 3. The van der Waals surface area contributed by atoms with Crippen molar-refractivity contribution in [3.63, 3.8) is 0 Å². The van der Waals surface area contributed by atoms with Gasteiger partial charge < -0.3 is 15.5 Å². The molecule has 39 heavy (non-hydrogen) atoms. The minimum Gasteiger partial charge on any atom is -0.368 e. The highest BCUT2D eigenvalue weighted by Crippen LogP contribution is 2.41. The maximum absolute atomic E-state index is 13.5. The number of nitrogens with one attached hydrogen (secondary N) is 1. The molecule has 2 aromatic carbocycles. The van der Waals surface area contributed by atoms with E-state index in [-0.39, 0.29) is 17.4 Å². The third-order valence-electron chi connectivity index (χ3n) is 7.81. The number of amides is 1. The fourth-order valence-corrected chi connectivity index (χ4v) is 5.66. The van der Waals surface area contributed by atoms with E-state index in [1.807, 2.05) is 54.6 Å². The van der Waals surface area contributed by atoms with Gasteiger partial charge in [0.1, 0.15) is 0 Å². The molecule has 3 aliphatic rings. The second-order valence-corrected chi connectivity index (χ2v) is 11.2. The van der Waals surface area contributed by atoms with Gasteiger partial charge in [-0.15, -0.1) is 0 Å². The van der Waals surface area contributed by atoms with E-state index in [0.29, 0.717) is 31.3 Å². The smallest absolute Gasteiger partial charge is 0.251 e. The fourth-order valence-electron chi connectivity index (χ4n) is 5.66. The van der Waals surface area contributed by atoms with Crippen molar-refractivity contribution >= 4 is 17.3 Å². The van der Waals surface area contributed by atoms with Gasteiger partial charge in [-0.1, -0.05) is 68.4 Å². The van der Waals surface area contributed by atoms with E-state index < -0.39 is 6.29 Å². The Bertz CT molecular complexity index is 1380. The summed E-state index contributed by atoms with van der Waals surface area (Å²) in [5, 5.41) is 21.8. The fraction of sp³-hybridized carbons (Fsp3) is 0.364. The van der Waals surface area contributed by atoms with E-state index in [4.69, 9.17) is 9.98 Å². The first-order chi connectivity index (χ1) is 18.8. The third-order valence-corrected chi connectivity index (χ3v) is 7.81. The molecule has 2 bridgehead atoms. The molecule has 1 heterocycles. The Kier molecular flexibility index (Phi) is 8.05. The van der Waals surface area contributed by atoms with Crippen molar-refractivity contribution in [2.45, 2.75) is 76.5 Å². The quantitative estimate of drug-likeness (QED) is 0.300. The van der Waals surface area contributed by atoms with Gasteiger partial charge >= 0.3 is 0 Å². The van der Waals surface area contributed by atoms with Crippen LogP contribution in [0, 0.1) is 0 Å². The van der Waals surface area contributed by atoms with E-state index >= 15 is 0 Å². The van der Waals surface area contributed by atoms with E-state index in [9.17, 15) is 15.0 Å². The van der Waals surface area contributed by atoms with Crippen molar-refractivity contribution < 1.29 is 15.0 Å². The summed E-state index contributed by atoms with van der Waals surface area (Å²) >= 11 is 0. The van der Waals surface area contributed by atoms with Gasteiger partial charge in [0.25, 0.3) is 5.91 Å². The van der Waals surface area contributed by atoms with Crippen molar-refractivity contribution in [1.82, 2.24) is 5.32 Å². The summed E-state index contributed by atoms with van der Waals surface area (Å²) in [6.45, 7) is 4.53. The summed E-state index contributed by atoms with van der Waals surface area (Å²) in [6, 6.07) is 18.4. The summed E-state index contributed by atoms with van der Waals surface area (Å²) in [4.78, 5) is 23.6. The molecule has 0 saturated carbocycles. The van der Waals surface area contributed by atoms with Crippen molar-refractivity contribution in [2.24, 2.45) is 9.98 Å². The maximum Gasteiger partial charge on any atom is 0.251 e. The Balaban J connectivity index is 1.42. The van der Waals surface area contributed by atoms with Crippen LogP contribution < -0.4 is 5.32 Å². The zero-order valence-electron chi connectivity index (χ0n) is 22.7. The van der Waals surface area contributed by atoms with Crippen LogP contribution >= 0.6 is 0 Å². The van der Waals surface area contributed by atoms with Crippen molar-refractivity contribution in [3.8, 4) is 0 Å². The molecule has 6 nitrogen and oxygen atoms in total. The van der Waals surface area contributed by atoms with Crippen molar-refractivity contribution in [2.75, 3.05) is 0 Å². The first-order valence-corrected chi connectivity index (χ1v) is 13.9. The predicted molar refractivity (Wildman–Crippen MR) is 156 cm³/mol. The molecular weight excluding hydrogens is 486 g/mol. The molecule has 0 fully saturated rings. The molecule has 0 spiro atoms. The summed E-state index contributed by atoms with van der Waals surface area (Å²) in [6.07, 6.45) is 9.24. The lowest BCUT2D eigenvalue weighted by Crippen LogP contribution is -2.36. The van der Waals surface area contributed by atoms with Gasteiger partial charge in [-0.2, -0.15) is 0 Å². The molecule has 6 heteroatoms. The number of nitrogens with zero attached hydrogens (tertiary/aromatic N) is 2. The summed E-state index contributed by atoms with van der Waals surface area (Å²) in [7, 11) is 0. The highest BCUT2D eigenvalue weighted by atomic mass is 16.5. The Labute approximate surface area is 230 Å². The highest BCUT2D eigenvalue weighted by Gasteiger charge is 2.33. The first kappa shape index (κ1) is 27.0. The Morgan fingerprint density at radius 2 is 1.77 bits per heavy atom. The van der Waals surface area contributed by atoms with E-state index in [2.05, 4.69) is 37.4 Å². The van der Waals surface area contributed by atoms with Gasteiger partial charge in [0.15, 0.2) is 6.29 Å². The molecular formula is C33H37N3O3. The normalized spacial score (nSPS) is 19.9. The standard InChI is InChI=1S/C33H37N3O3/c1-33(2)19-18-28(26-12-6-7-13-27(26)33)36-32(39)23-16-17-24-21-25(20-23)34-29(14-8-9-15-30(37)38)31(35-24)22-10-4-3-5-11-22/h3-7,10-13,16-17,20,28,30,37-38H,8-9,14-15,18-19,21H2,1-2H3,(H,36,39)/t28-/m0/s1. The lowest BCUT2D eigenvalue weighted by molar-refractivity contribution is -0.118. The van der Waals surface area contributed by atoms with Crippen LogP contribution in [-0.4, -0.2) is 33.8 Å². The molecule has 0 saturated heterocycles. The molecule has 2 aromatic rings. The lowest BCUT2D eigenvalue weighted by atomic mass is 9.71. The number of hydrogen-bond acceptors (Lipinski definition) is 5. The van der Waals surface area contributed by atoms with Crippen LogP contribution in [0.5, 0.6) is 0 Å². The van der Waals surface area contributed by atoms with Gasteiger partial charge in [0.2, 0.25) is 0 Å². The number of benzene rings is 2. The number of aliphatic hydroxyl groups is 2. The molecule has 1 atom stereocenters. The van der Waals surface area contributed by atoms with Crippen LogP contribution in [0.4, 0.5) is 0 Å². The zero-order chi connectivity index (χ0) is 27.4. The molecule has 0 aromatic heterocycles. The Morgan fingerprint density at radius 3 is 2.56 bits per heavy atom. The van der Waals surface area contributed by atoms with Gasteiger partial charge in [0.05, 0.1) is 17.5 Å². The highest BCUT2D eigenvalue weighted by molar-refractivity contribution is 6.48. The molecule has 0 radical (unpaired) electrons. The Morgan fingerprint density at radius 1 is 1.00 bits per heavy atom. The summed E-state index contributed by atoms with van der Waals surface area (Å²) < 4.78 is 0. The van der Waals surface area contributed by atoms with Crippen molar-refractivity contribution in [1.29, 1.82) is 0 Å². The second kappa shape index (κ2) is 11.6. The molecule has 1 aliphatic heterocycles. The SMILES string of the molecule is CC1(C)CC[C@H](NC(=O)C2=CC=C3CC(=C2)N=C(CCCCC(O)O)C(c2ccccc2)=N3)c2ccccc21. The molecule has 202 valence electrons. The number of carbonyl (C=O) groups excluding carboxylic acids is 1. The van der Waals surface area contributed by atoms with E-state index in [0.717, 1.165) is 47.6 Å². The minimum absolute atomic E-state index is 0.0253. The number of fused-ring (bicyclic) bond motifs is 3. The van der Waals surface area contributed by atoms with Crippen LogP contribution in [0.25, 0.3) is 0 Å². The number of allylic oxidation sites excluding steroid dienone is 2. The van der Waals surface area contributed by atoms with Gasteiger partial charge in [-0.3, -0.25) is 14.8 Å². The van der Waals surface area contributed by atoms with Crippen LogP contribution in [0.3, 0.4) is 0 Å². The van der Waals surface area contributed by atoms with E-state index in [1.165, 1.54) is 11.1 Å². The number of unbranched alkanes of at least 4 members (excludes halogenated alkanes) is 1. The van der Waals surface area contributed by atoms with Crippen LogP contribution in [0.15, 0.2) is 99.8 Å². The molecule has 5 rings (SSSR count). The second-order valence-electron chi connectivity index (χ2n) is 11.2.